The van der Waals surface area contributed by atoms with E-state index < -0.39 is 0 Å². The van der Waals surface area contributed by atoms with Crippen molar-refractivity contribution in [3.05, 3.63) is 35.4 Å². The first-order valence-electron chi connectivity index (χ1n) is 6.41. The van der Waals surface area contributed by atoms with Crippen molar-refractivity contribution in [1.29, 1.82) is 0 Å². The minimum absolute atomic E-state index is 0.165. The summed E-state index contributed by atoms with van der Waals surface area (Å²) >= 11 is 0. The van der Waals surface area contributed by atoms with Crippen LogP contribution in [0.4, 0.5) is 0 Å². The van der Waals surface area contributed by atoms with Gasteiger partial charge in [0.05, 0.1) is 0 Å². The minimum Gasteiger partial charge on any atom is -0.303 e. The van der Waals surface area contributed by atoms with Gasteiger partial charge in [0.15, 0.2) is 0 Å². The van der Waals surface area contributed by atoms with E-state index in [1.165, 1.54) is 17.5 Å². The fraction of sp³-hybridized carbons (Fsp3) is 0.600. The SMILES string of the molecule is CCC(C)(C)C1(CC)NCc2ccccc21. The van der Waals surface area contributed by atoms with Gasteiger partial charge in [-0.1, -0.05) is 52.0 Å². The summed E-state index contributed by atoms with van der Waals surface area (Å²) in [6.45, 7) is 10.4. The summed E-state index contributed by atoms with van der Waals surface area (Å²) in [5.74, 6) is 0. The van der Waals surface area contributed by atoms with E-state index in [1.54, 1.807) is 0 Å². The Morgan fingerprint density at radius 2 is 1.94 bits per heavy atom. The van der Waals surface area contributed by atoms with Crippen molar-refractivity contribution >= 4 is 0 Å². The molecule has 1 unspecified atom stereocenters. The number of hydrogen-bond acceptors (Lipinski definition) is 1. The van der Waals surface area contributed by atoms with E-state index in [1.807, 2.05) is 0 Å². The van der Waals surface area contributed by atoms with Crippen LogP contribution < -0.4 is 5.32 Å². The Hall–Kier alpha value is -0.820. The molecule has 0 aliphatic carbocycles. The van der Waals surface area contributed by atoms with E-state index in [2.05, 4.69) is 57.3 Å². The van der Waals surface area contributed by atoms with Gasteiger partial charge < -0.3 is 5.32 Å². The Kier molecular flexibility index (Phi) is 2.83. The summed E-state index contributed by atoms with van der Waals surface area (Å²) in [5.41, 5.74) is 3.46. The van der Waals surface area contributed by atoms with Crippen molar-refractivity contribution in [2.75, 3.05) is 0 Å². The predicted molar refractivity (Wildman–Crippen MR) is 69.3 cm³/mol. The van der Waals surface area contributed by atoms with E-state index in [9.17, 15) is 0 Å². The molecule has 0 amide bonds. The zero-order valence-electron chi connectivity index (χ0n) is 10.9. The Labute approximate surface area is 99.3 Å². The monoisotopic (exact) mass is 217 g/mol. The van der Waals surface area contributed by atoms with Gasteiger partial charge in [-0.15, -0.1) is 0 Å². The summed E-state index contributed by atoms with van der Waals surface area (Å²) in [4.78, 5) is 0. The molecular formula is C15H23N. The molecule has 0 aromatic heterocycles. The molecule has 1 aromatic rings. The van der Waals surface area contributed by atoms with Crippen molar-refractivity contribution in [3.8, 4) is 0 Å². The van der Waals surface area contributed by atoms with E-state index in [-0.39, 0.29) is 5.54 Å². The van der Waals surface area contributed by atoms with Crippen LogP contribution in [-0.2, 0) is 12.1 Å². The highest BCUT2D eigenvalue weighted by molar-refractivity contribution is 5.39. The molecule has 0 spiro atoms. The second-order valence-corrected chi connectivity index (χ2v) is 5.51. The molecule has 2 rings (SSSR count). The third kappa shape index (κ3) is 1.41. The molecule has 1 N–H and O–H groups in total. The molecule has 0 fully saturated rings. The highest BCUT2D eigenvalue weighted by Gasteiger charge is 2.47. The van der Waals surface area contributed by atoms with Crippen LogP contribution in [0.25, 0.3) is 0 Å². The Morgan fingerprint density at radius 3 is 2.56 bits per heavy atom. The lowest BCUT2D eigenvalue weighted by Gasteiger charge is -2.44. The van der Waals surface area contributed by atoms with Crippen LogP contribution in [0.1, 0.15) is 51.7 Å². The summed E-state index contributed by atoms with van der Waals surface area (Å²) in [6.07, 6.45) is 2.35. The summed E-state index contributed by atoms with van der Waals surface area (Å²) < 4.78 is 0. The van der Waals surface area contributed by atoms with E-state index >= 15 is 0 Å². The lowest BCUT2D eigenvalue weighted by molar-refractivity contribution is 0.116. The third-order valence-electron chi connectivity index (χ3n) is 4.63. The van der Waals surface area contributed by atoms with Gasteiger partial charge in [-0.25, -0.2) is 0 Å². The fourth-order valence-electron chi connectivity index (χ4n) is 3.13. The first-order chi connectivity index (χ1) is 7.57. The van der Waals surface area contributed by atoms with Gasteiger partial charge in [-0.2, -0.15) is 0 Å². The maximum absolute atomic E-state index is 3.78. The highest BCUT2D eigenvalue weighted by Crippen LogP contribution is 2.48. The van der Waals surface area contributed by atoms with Gasteiger partial charge in [-0.05, 0) is 29.4 Å². The molecule has 1 atom stereocenters. The number of nitrogens with one attached hydrogen (secondary N) is 1. The Balaban J connectivity index is 2.54. The van der Waals surface area contributed by atoms with E-state index in [4.69, 9.17) is 0 Å². The standard InChI is InChI=1S/C15H23N/c1-5-14(3,4)15(6-2)13-10-8-7-9-12(13)11-16-15/h7-10,16H,5-6,11H2,1-4H3. The second-order valence-electron chi connectivity index (χ2n) is 5.51. The van der Waals surface area contributed by atoms with Crippen LogP contribution in [0.5, 0.6) is 0 Å². The molecule has 1 aliphatic heterocycles. The smallest absolute Gasteiger partial charge is 0.0489 e. The Bertz CT molecular complexity index is 381. The van der Waals surface area contributed by atoms with Crippen LogP contribution in [0.3, 0.4) is 0 Å². The predicted octanol–water partition coefficient (Wildman–Crippen LogP) is 3.83. The summed E-state index contributed by atoms with van der Waals surface area (Å²) in [7, 11) is 0. The van der Waals surface area contributed by atoms with Crippen molar-refractivity contribution in [2.45, 2.75) is 52.6 Å². The molecule has 0 saturated carbocycles. The topological polar surface area (TPSA) is 12.0 Å². The van der Waals surface area contributed by atoms with Crippen LogP contribution in [-0.4, -0.2) is 0 Å². The average molecular weight is 217 g/mol. The fourth-order valence-corrected chi connectivity index (χ4v) is 3.13. The first-order valence-corrected chi connectivity index (χ1v) is 6.41. The molecule has 1 heterocycles. The second kappa shape index (κ2) is 3.89. The molecule has 1 heteroatoms. The van der Waals surface area contributed by atoms with Crippen molar-refractivity contribution in [3.63, 3.8) is 0 Å². The number of benzene rings is 1. The van der Waals surface area contributed by atoms with Gasteiger partial charge in [0, 0.05) is 12.1 Å². The van der Waals surface area contributed by atoms with Gasteiger partial charge in [0.1, 0.15) is 0 Å². The van der Waals surface area contributed by atoms with Crippen LogP contribution >= 0.6 is 0 Å². The molecule has 1 aliphatic rings. The van der Waals surface area contributed by atoms with Crippen LogP contribution in [0.2, 0.25) is 0 Å². The number of hydrogen-bond donors (Lipinski definition) is 1. The van der Waals surface area contributed by atoms with Crippen LogP contribution in [0, 0.1) is 5.41 Å². The molecule has 16 heavy (non-hydrogen) atoms. The molecule has 1 nitrogen and oxygen atoms in total. The Morgan fingerprint density at radius 1 is 1.25 bits per heavy atom. The quantitative estimate of drug-likeness (QED) is 0.811. The zero-order valence-corrected chi connectivity index (χ0v) is 10.9. The lowest BCUT2D eigenvalue weighted by atomic mass is 9.66. The molecule has 0 bridgehead atoms. The summed E-state index contributed by atoms with van der Waals surface area (Å²) in [5, 5.41) is 3.78. The first kappa shape index (κ1) is 11.7. The summed E-state index contributed by atoms with van der Waals surface area (Å²) in [6, 6.07) is 8.87. The minimum atomic E-state index is 0.165. The maximum atomic E-state index is 3.78. The maximum Gasteiger partial charge on any atom is 0.0489 e. The van der Waals surface area contributed by atoms with Gasteiger partial charge >= 0.3 is 0 Å². The third-order valence-corrected chi connectivity index (χ3v) is 4.63. The van der Waals surface area contributed by atoms with Gasteiger partial charge in [0.2, 0.25) is 0 Å². The zero-order chi connectivity index (χ0) is 11.8. The average Bonchev–Trinajstić information content (AvgIpc) is 2.69. The van der Waals surface area contributed by atoms with Crippen molar-refractivity contribution < 1.29 is 0 Å². The highest BCUT2D eigenvalue weighted by atomic mass is 15.0. The van der Waals surface area contributed by atoms with E-state index in [0.29, 0.717) is 5.41 Å². The number of rotatable bonds is 3. The molecule has 0 radical (unpaired) electrons. The van der Waals surface area contributed by atoms with Crippen molar-refractivity contribution in [1.82, 2.24) is 5.32 Å². The van der Waals surface area contributed by atoms with Gasteiger partial charge in [0.25, 0.3) is 0 Å². The molecule has 0 saturated heterocycles. The number of fused-ring (bicyclic) bond motifs is 1. The normalized spacial score (nSPS) is 24.5. The molecule has 1 aromatic carbocycles. The molecule has 88 valence electrons. The lowest BCUT2D eigenvalue weighted by Crippen LogP contribution is -2.48. The largest absolute Gasteiger partial charge is 0.303 e. The van der Waals surface area contributed by atoms with Crippen LogP contribution in [0.15, 0.2) is 24.3 Å². The van der Waals surface area contributed by atoms with E-state index in [0.717, 1.165) is 13.0 Å². The molecular weight excluding hydrogens is 194 g/mol. The van der Waals surface area contributed by atoms with Gasteiger partial charge in [-0.3, -0.25) is 0 Å². The van der Waals surface area contributed by atoms with Crippen molar-refractivity contribution in [2.24, 2.45) is 5.41 Å².